The molecule has 2 aromatic rings. The molecular weight excluding hydrogens is 542 g/mol. The van der Waals surface area contributed by atoms with E-state index in [0.717, 1.165) is 43.9 Å². The quantitative estimate of drug-likeness (QED) is 0.0722. The minimum absolute atomic E-state index is 0.198. The van der Waals surface area contributed by atoms with E-state index in [1.54, 1.807) is 0 Å². The van der Waals surface area contributed by atoms with Crippen molar-refractivity contribution in [3.8, 4) is 0 Å². The van der Waals surface area contributed by atoms with Crippen molar-refractivity contribution in [2.75, 3.05) is 17.6 Å². The molecule has 2 heterocycles. The number of hydrogen-bond acceptors (Lipinski definition) is 11. The van der Waals surface area contributed by atoms with Gasteiger partial charge in [0.25, 0.3) is 0 Å². The molecule has 0 radical (unpaired) electrons. The first-order valence-corrected chi connectivity index (χ1v) is 14.4. The molecule has 1 amide bonds. The van der Waals surface area contributed by atoms with Crippen LogP contribution in [0.2, 0.25) is 0 Å². The van der Waals surface area contributed by atoms with Crippen LogP contribution in [-0.4, -0.2) is 93.8 Å². The summed E-state index contributed by atoms with van der Waals surface area (Å²) in [4.78, 5) is 43.5. The highest BCUT2D eigenvalue weighted by Gasteiger charge is 2.43. The Morgan fingerprint density at radius 3 is 2.55 bits per heavy atom. The van der Waals surface area contributed by atoms with Crippen LogP contribution < -0.4 is 10.6 Å². The van der Waals surface area contributed by atoms with E-state index in [2.05, 4.69) is 44.8 Å². The van der Waals surface area contributed by atoms with Gasteiger partial charge in [-0.1, -0.05) is 56.2 Å². The molecule has 0 aliphatic heterocycles. The summed E-state index contributed by atoms with van der Waals surface area (Å²) in [6.07, 6.45) is 4.61. The molecule has 0 saturated heterocycles. The van der Waals surface area contributed by atoms with Crippen molar-refractivity contribution >= 4 is 46.6 Å². The van der Waals surface area contributed by atoms with Crippen LogP contribution >= 0.6 is 11.8 Å². The normalized spacial score (nSPS) is 21.6. The number of carboxylic acid groups (broad SMARTS) is 2. The van der Waals surface area contributed by atoms with E-state index in [-0.39, 0.29) is 6.42 Å². The number of aliphatic hydroxyl groups is 2. The van der Waals surface area contributed by atoms with E-state index < -0.39 is 54.5 Å². The van der Waals surface area contributed by atoms with Crippen LogP contribution in [0.25, 0.3) is 11.2 Å². The number of carboxylic acids is 2. The maximum atomic E-state index is 12.2. The van der Waals surface area contributed by atoms with E-state index in [1.807, 2.05) is 0 Å². The summed E-state index contributed by atoms with van der Waals surface area (Å²) in [5.74, 6) is -2.97. The second-order valence-corrected chi connectivity index (χ2v) is 10.8. The number of hydrogen-bond donors (Lipinski definition) is 6. The summed E-state index contributed by atoms with van der Waals surface area (Å²) in [6, 6.07) is -2.30. The van der Waals surface area contributed by atoms with Crippen molar-refractivity contribution in [2.24, 2.45) is 5.92 Å². The average Bonchev–Trinajstić information content (AvgIpc) is 3.45. The molecule has 3 rings (SSSR count). The number of rotatable bonds is 16. The zero-order chi connectivity index (χ0) is 29.2. The SMILES string of the molecule is CCCCCCNc1nc(SCCC)nc2c1nnn2[C@H]1C[C@@H](/C=C/C(=O)N[C@@H](CC(=O)O)C(=O)O)C(O)[C@@H]1O. The lowest BCUT2D eigenvalue weighted by molar-refractivity contribution is -0.146. The molecular formula is C25H37N7O7S. The van der Waals surface area contributed by atoms with Gasteiger partial charge < -0.3 is 31.1 Å². The van der Waals surface area contributed by atoms with Gasteiger partial charge in [-0.2, -0.15) is 0 Å². The Morgan fingerprint density at radius 1 is 1.10 bits per heavy atom. The predicted molar refractivity (Wildman–Crippen MR) is 147 cm³/mol. The van der Waals surface area contributed by atoms with E-state index in [9.17, 15) is 24.6 Å². The molecule has 0 bridgehead atoms. The van der Waals surface area contributed by atoms with Crippen LogP contribution in [0.15, 0.2) is 17.3 Å². The van der Waals surface area contributed by atoms with Crippen molar-refractivity contribution in [3.63, 3.8) is 0 Å². The molecule has 1 unspecified atom stereocenters. The average molecular weight is 580 g/mol. The Balaban J connectivity index is 1.79. The third-order valence-corrected chi connectivity index (χ3v) is 7.61. The van der Waals surface area contributed by atoms with Gasteiger partial charge in [-0.15, -0.1) is 5.10 Å². The fraction of sp³-hybridized carbons (Fsp3) is 0.640. The summed E-state index contributed by atoms with van der Waals surface area (Å²) in [5, 5.41) is 54.0. The van der Waals surface area contributed by atoms with Gasteiger partial charge in [0.15, 0.2) is 22.1 Å². The number of amides is 1. The van der Waals surface area contributed by atoms with Crippen molar-refractivity contribution in [3.05, 3.63) is 12.2 Å². The summed E-state index contributed by atoms with van der Waals surface area (Å²) in [5.41, 5.74) is 0.871. The number of nitrogens with zero attached hydrogens (tertiary/aromatic N) is 5. The number of thioether (sulfide) groups is 1. The van der Waals surface area contributed by atoms with Crippen LogP contribution in [-0.2, 0) is 14.4 Å². The molecule has 220 valence electrons. The first kappa shape index (κ1) is 31.2. The third-order valence-electron chi connectivity index (χ3n) is 6.56. The standard InChI is InChI=1S/C25H37N7O7S/c1-3-5-6-7-10-26-22-19-23(29-25(28-22)40-11-4-2)32(31-30-19)16-12-14(20(36)21(16)37)8-9-17(33)27-15(24(38)39)13-18(34)35/h8-9,14-16,20-21,36-37H,3-7,10-13H2,1-2H3,(H,27,33)(H,34,35)(H,38,39)(H,26,28,29)/b9-8+/t14-,15+,16+,20?,21-/m1/s1. The molecule has 15 heteroatoms. The Bertz CT molecular complexity index is 1210. The van der Waals surface area contributed by atoms with Gasteiger partial charge in [-0.3, -0.25) is 9.59 Å². The zero-order valence-electron chi connectivity index (χ0n) is 22.6. The molecule has 1 saturated carbocycles. The van der Waals surface area contributed by atoms with Gasteiger partial charge in [0.05, 0.1) is 18.6 Å². The van der Waals surface area contributed by atoms with E-state index in [4.69, 9.17) is 10.2 Å². The largest absolute Gasteiger partial charge is 0.481 e. The smallest absolute Gasteiger partial charge is 0.326 e. The number of carbonyl (C=O) groups excluding carboxylic acids is 1. The predicted octanol–water partition coefficient (Wildman–Crippen LogP) is 1.60. The Hall–Kier alpha value is -3.30. The lowest BCUT2D eigenvalue weighted by Crippen LogP contribution is -2.41. The number of nitrogens with one attached hydrogen (secondary N) is 2. The van der Waals surface area contributed by atoms with Gasteiger partial charge in [0.1, 0.15) is 12.1 Å². The number of unbranched alkanes of at least 4 members (excludes halogenated alkanes) is 3. The lowest BCUT2D eigenvalue weighted by Gasteiger charge is -2.17. The summed E-state index contributed by atoms with van der Waals surface area (Å²) in [6.45, 7) is 4.92. The van der Waals surface area contributed by atoms with Crippen LogP contribution in [0.5, 0.6) is 0 Å². The summed E-state index contributed by atoms with van der Waals surface area (Å²) < 4.78 is 1.48. The van der Waals surface area contributed by atoms with E-state index in [0.29, 0.717) is 28.7 Å². The lowest BCUT2D eigenvalue weighted by atomic mass is 10.0. The second-order valence-electron chi connectivity index (χ2n) is 9.70. The second kappa shape index (κ2) is 14.9. The molecule has 1 aliphatic rings. The first-order chi connectivity index (χ1) is 19.2. The molecule has 2 aromatic heterocycles. The first-order valence-electron chi connectivity index (χ1n) is 13.4. The topological polar surface area (TPSA) is 213 Å². The van der Waals surface area contributed by atoms with Crippen molar-refractivity contribution < 1.29 is 34.8 Å². The summed E-state index contributed by atoms with van der Waals surface area (Å²) >= 11 is 1.50. The van der Waals surface area contributed by atoms with E-state index >= 15 is 0 Å². The maximum Gasteiger partial charge on any atom is 0.326 e. The maximum absolute atomic E-state index is 12.2. The molecule has 14 nitrogen and oxygen atoms in total. The Kier molecular flexibility index (Phi) is 11.6. The third kappa shape index (κ3) is 8.11. The highest BCUT2D eigenvalue weighted by atomic mass is 32.2. The monoisotopic (exact) mass is 579 g/mol. The fourth-order valence-corrected chi connectivity index (χ4v) is 5.15. The fourth-order valence-electron chi connectivity index (χ4n) is 4.45. The molecule has 5 atom stereocenters. The Labute approximate surface area is 235 Å². The number of aromatic nitrogens is 5. The highest BCUT2D eigenvalue weighted by Crippen LogP contribution is 2.37. The molecule has 0 spiro atoms. The van der Waals surface area contributed by atoms with Crippen LogP contribution in [0.1, 0.15) is 64.8 Å². The molecule has 6 N–H and O–H groups in total. The van der Waals surface area contributed by atoms with Gasteiger partial charge in [0, 0.05) is 18.2 Å². The van der Waals surface area contributed by atoms with Crippen LogP contribution in [0, 0.1) is 5.92 Å². The van der Waals surface area contributed by atoms with Crippen molar-refractivity contribution in [1.29, 1.82) is 0 Å². The van der Waals surface area contributed by atoms with Gasteiger partial charge in [0.2, 0.25) is 5.91 Å². The van der Waals surface area contributed by atoms with Crippen LogP contribution in [0.4, 0.5) is 5.82 Å². The number of aliphatic carboxylic acids is 2. The molecule has 1 aliphatic carbocycles. The van der Waals surface area contributed by atoms with Gasteiger partial charge in [-0.25, -0.2) is 19.4 Å². The number of aliphatic hydroxyl groups excluding tert-OH is 2. The minimum atomic E-state index is -1.60. The number of anilines is 1. The highest BCUT2D eigenvalue weighted by molar-refractivity contribution is 7.99. The van der Waals surface area contributed by atoms with Crippen LogP contribution in [0.3, 0.4) is 0 Å². The zero-order valence-corrected chi connectivity index (χ0v) is 23.4. The van der Waals surface area contributed by atoms with Gasteiger partial charge >= 0.3 is 11.9 Å². The van der Waals surface area contributed by atoms with Gasteiger partial charge in [-0.05, 0) is 25.3 Å². The minimum Gasteiger partial charge on any atom is -0.481 e. The Morgan fingerprint density at radius 2 is 1.88 bits per heavy atom. The molecule has 40 heavy (non-hydrogen) atoms. The number of carbonyl (C=O) groups is 3. The van der Waals surface area contributed by atoms with E-state index in [1.165, 1.54) is 22.5 Å². The molecule has 1 fully saturated rings. The van der Waals surface area contributed by atoms with Crippen molar-refractivity contribution in [2.45, 2.75) is 88.2 Å². The van der Waals surface area contributed by atoms with Crippen molar-refractivity contribution in [1.82, 2.24) is 30.3 Å². The molecule has 0 aromatic carbocycles. The summed E-state index contributed by atoms with van der Waals surface area (Å²) in [7, 11) is 0. The number of fused-ring (bicyclic) bond motifs is 1.